The van der Waals surface area contributed by atoms with Crippen molar-refractivity contribution in [3.8, 4) is 17.6 Å². The molecule has 0 aliphatic heterocycles. The van der Waals surface area contributed by atoms with E-state index in [-0.39, 0.29) is 5.57 Å². The first-order valence-electron chi connectivity index (χ1n) is 9.91. The summed E-state index contributed by atoms with van der Waals surface area (Å²) in [5, 5.41) is 13.5. The van der Waals surface area contributed by atoms with Crippen LogP contribution in [0, 0.1) is 11.3 Å². The van der Waals surface area contributed by atoms with Gasteiger partial charge in [0, 0.05) is 20.8 Å². The van der Waals surface area contributed by atoms with E-state index in [1.165, 1.54) is 6.08 Å². The van der Waals surface area contributed by atoms with E-state index in [9.17, 15) is 10.1 Å². The highest BCUT2D eigenvalue weighted by atomic mass is 35.5. The fourth-order valence-electron chi connectivity index (χ4n) is 2.88. The molecule has 1 amide bonds. The molecule has 0 heterocycles. The summed E-state index contributed by atoms with van der Waals surface area (Å²) in [6.07, 6.45) is 1.47. The van der Waals surface area contributed by atoms with Crippen LogP contribution in [0.3, 0.4) is 0 Å². The van der Waals surface area contributed by atoms with Crippen LogP contribution in [-0.2, 0) is 11.4 Å². The Morgan fingerprint density at radius 2 is 1.64 bits per heavy atom. The number of nitrogens with one attached hydrogen (secondary N) is 1. The average molecular weight is 502 g/mol. The Kier molecular flexibility index (Phi) is 8.62. The largest absolute Gasteiger partial charge is 0.490 e. The molecule has 0 unspecified atom stereocenters. The van der Waals surface area contributed by atoms with Gasteiger partial charge in [0.1, 0.15) is 18.2 Å². The molecule has 3 aromatic rings. The van der Waals surface area contributed by atoms with Gasteiger partial charge in [0.05, 0.1) is 6.61 Å². The van der Waals surface area contributed by atoms with Crippen LogP contribution >= 0.6 is 34.8 Å². The van der Waals surface area contributed by atoms with Gasteiger partial charge in [0.25, 0.3) is 5.91 Å². The molecule has 0 fully saturated rings. The number of nitrogens with zero attached hydrogens (tertiary/aromatic N) is 1. The summed E-state index contributed by atoms with van der Waals surface area (Å²) >= 11 is 17.8. The Hall–Kier alpha value is -3.17. The van der Waals surface area contributed by atoms with Crippen molar-refractivity contribution in [1.82, 2.24) is 0 Å². The van der Waals surface area contributed by atoms with Crippen LogP contribution in [0.4, 0.5) is 5.69 Å². The zero-order valence-electron chi connectivity index (χ0n) is 17.6. The SMILES string of the molecule is CCOc1cc(/C=C(\C#N)C(=O)Nc2cc(Cl)cc(Cl)c2)ccc1OCc1ccc(Cl)cc1. The molecular formula is C25H19Cl3N2O3. The first-order chi connectivity index (χ1) is 15.9. The number of hydrogen-bond donors (Lipinski definition) is 1. The fraction of sp³-hybridized carbons (Fsp3) is 0.120. The van der Waals surface area contributed by atoms with Gasteiger partial charge >= 0.3 is 0 Å². The standard InChI is InChI=1S/C25H19Cl3N2O3/c1-2-32-24-10-17(5-8-23(24)33-15-16-3-6-19(26)7-4-16)9-18(14-29)25(31)30-22-12-20(27)11-21(28)13-22/h3-13H,2,15H2,1H3,(H,30,31)/b18-9+. The number of ether oxygens (including phenoxy) is 2. The summed E-state index contributed by atoms with van der Waals surface area (Å²) < 4.78 is 11.6. The second-order valence-electron chi connectivity index (χ2n) is 6.84. The first kappa shape index (κ1) is 24.5. The summed E-state index contributed by atoms with van der Waals surface area (Å²) in [5.41, 5.74) is 1.85. The predicted octanol–water partition coefficient (Wildman–Crippen LogP) is 7.17. The Balaban J connectivity index is 1.78. The van der Waals surface area contributed by atoms with Crippen molar-refractivity contribution < 1.29 is 14.3 Å². The van der Waals surface area contributed by atoms with E-state index in [2.05, 4.69) is 5.32 Å². The summed E-state index contributed by atoms with van der Waals surface area (Å²) in [6, 6.07) is 19.1. The summed E-state index contributed by atoms with van der Waals surface area (Å²) in [6.45, 7) is 2.61. The molecule has 33 heavy (non-hydrogen) atoms. The molecule has 5 nitrogen and oxygen atoms in total. The molecule has 3 aromatic carbocycles. The third kappa shape index (κ3) is 7.16. The summed E-state index contributed by atoms with van der Waals surface area (Å²) in [7, 11) is 0. The second kappa shape index (κ2) is 11.6. The van der Waals surface area contributed by atoms with Crippen molar-refractivity contribution in [2.75, 3.05) is 11.9 Å². The van der Waals surface area contributed by atoms with Crippen molar-refractivity contribution in [3.63, 3.8) is 0 Å². The minimum absolute atomic E-state index is 0.0941. The fourth-order valence-corrected chi connectivity index (χ4v) is 3.54. The van der Waals surface area contributed by atoms with E-state index in [0.717, 1.165) is 5.56 Å². The van der Waals surface area contributed by atoms with E-state index in [1.807, 2.05) is 25.1 Å². The molecule has 0 spiro atoms. The highest BCUT2D eigenvalue weighted by Crippen LogP contribution is 2.30. The Morgan fingerprint density at radius 1 is 0.939 bits per heavy atom. The van der Waals surface area contributed by atoms with Crippen LogP contribution in [0.25, 0.3) is 6.08 Å². The van der Waals surface area contributed by atoms with Gasteiger partial charge in [-0.2, -0.15) is 5.26 Å². The molecule has 0 aromatic heterocycles. The van der Waals surface area contributed by atoms with Crippen molar-refractivity contribution in [2.45, 2.75) is 13.5 Å². The highest BCUT2D eigenvalue weighted by molar-refractivity contribution is 6.35. The van der Waals surface area contributed by atoms with Crippen molar-refractivity contribution in [3.05, 3.63) is 92.4 Å². The van der Waals surface area contributed by atoms with Gasteiger partial charge in [-0.1, -0.05) is 53.0 Å². The van der Waals surface area contributed by atoms with E-state index < -0.39 is 5.91 Å². The van der Waals surface area contributed by atoms with Crippen LogP contribution < -0.4 is 14.8 Å². The zero-order valence-corrected chi connectivity index (χ0v) is 19.8. The first-order valence-corrected chi connectivity index (χ1v) is 11.0. The average Bonchev–Trinajstić information content (AvgIpc) is 2.77. The lowest BCUT2D eigenvalue weighted by Crippen LogP contribution is -2.13. The smallest absolute Gasteiger partial charge is 0.266 e. The third-order valence-electron chi connectivity index (χ3n) is 4.37. The molecule has 0 bridgehead atoms. The van der Waals surface area contributed by atoms with E-state index >= 15 is 0 Å². The number of benzene rings is 3. The van der Waals surface area contributed by atoms with Crippen molar-refractivity contribution >= 4 is 52.5 Å². The van der Waals surface area contributed by atoms with Crippen LogP contribution in [0.15, 0.2) is 66.2 Å². The molecule has 1 N–H and O–H groups in total. The van der Waals surface area contributed by atoms with Crippen LogP contribution in [0.5, 0.6) is 11.5 Å². The van der Waals surface area contributed by atoms with Crippen molar-refractivity contribution in [1.29, 1.82) is 5.26 Å². The molecule has 0 aliphatic carbocycles. The maximum atomic E-state index is 12.6. The third-order valence-corrected chi connectivity index (χ3v) is 5.06. The maximum Gasteiger partial charge on any atom is 0.266 e. The topological polar surface area (TPSA) is 71.3 Å². The number of anilines is 1. The molecule has 3 rings (SSSR count). The van der Waals surface area contributed by atoms with Gasteiger partial charge in [0.15, 0.2) is 11.5 Å². The Labute approximate surface area is 207 Å². The monoisotopic (exact) mass is 500 g/mol. The van der Waals surface area contributed by atoms with E-state index in [4.69, 9.17) is 44.3 Å². The van der Waals surface area contributed by atoms with Crippen LogP contribution in [0.2, 0.25) is 15.1 Å². The number of amides is 1. The number of nitriles is 1. The molecule has 0 radical (unpaired) electrons. The Bertz CT molecular complexity index is 1200. The van der Waals surface area contributed by atoms with Crippen LogP contribution in [0.1, 0.15) is 18.1 Å². The quantitative estimate of drug-likeness (QED) is 0.262. The number of carbonyl (C=O) groups excluding carboxylic acids is 1. The van der Waals surface area contributed by atoms with Gasteiger partial charge < -0.3 is 14.8 Å². The molecule has 8 heteroatoms. The lowest BCUT2D eigenvalue weighted by molar-refractivity contribution is -0.112. The predicted molar refractivity (Wildman–Crippen MR) is 132 cm³/mol. The zero-order chi connectivity index (χ0) is 23.8. The normalized spacial score (nSPS) is 10.9. The summed E-state index contributed by atoms with van der Waals surface area (Å²) in [5.74, 6) is 0.455. The van der Waals surface area contributed by atoms with Crippen LogP contribution in [-0.4, -0.2) is 12.5 Å². The van der Waals surface area contributed by atoms with Gasteiger partial charge in [-0.3, -0.25) is 4.79 Å². The number of carbonyl (C=O) groups is 1. The maximum absolute atomic E-state index is 12.6. The molecule has 0 saturated carbocycles. The van der Waals surface area contributed by atoms with Gasteiger partial charge in [-0.25, -0.2) is 0 Å². The number of hydrogen-bond acceptors (Lipinski definition) is 4. The molecule has 0 saturated heterocycles. The minimum Gasteiger partial charge on any atom is -0.490 e. The number of rotatable bonds is 8. The molecule has 0 aliphatic rings. The lowest BCUT2D eigenvalue weighted by Gasteiger charge is -2.13. The Morgan fingerprint density at radius 3 is 2.27 bits per heavy atom. The van der Waals surface area contributed by atoms with E-state index in [1.54, 1.807) is 48.5 Å². The van der Waals surface area contributed by atoms with Gasteiger partial charge in [0.2, 0.25) is 0 Å². The molecule has 168 valence electrons. The van der Waals surface area contributed by atoms with Gasteiger partial charge in [-0.15, -0.1) is 0 Å². The van der Waals surface area contributed by atoms with Crippen molar-refractivity contribution in [2.24, 2.45) is 0 Å². The van der Waals surface area contributed by atoms with Gasteiger partial charge in [-0.05, 0) is 66.6 Å². The number of halogens is 3. The second-order valence-corrected chi connectivity index (χ2v) is 8.15. The summed E-state index contributed by atoms with van der Waals surface area (Å²) in [4.78, 5) is 12.6. The highest BCUT2D eigenvalue weighted by Gasteiger charge is 2.12. The molecule has 0 atom stereocenters. The lowest BCUT2D eigenvalue weighted by atomic mass is 10.1. The molecular weight excluding hydrogens is 483 g/mol. The van der Waals surface area contributed by atoms with E-state index in [0.29, 0.717) is 51.0 Å². The minimum atomic E-state index is -0.586.